The fraction of sp³-hybridized carbons (Fsp3) is 0.438. The van der Waals surface area contributed by atoms with Crippen LogP contribution in [-0.4, -0.2) is 53.1 Å². The fourth-order valence-electron chi connectivity index (χ4n) is 2.52. The summed E-state index contributed by atoms with van der Waals surface area (Å²) in [6.07, 6.45) is 1.80. The number of likely N-dealkylation sites (N-methyl/N-ethyl adjacent to an activating group) is 1. The number of rotatable bonds is 4. The van der Waals surface area contributed by atoms with E-state index >= 15 is 0 Å². The molecule has 0 radical (unpaired) electrons. The summed E-state index contributed by atoms with van der Waals surface area (Å²) in [5, 5.41) is 3.34. The van der Waals surface area contributed by atoms with Crippen molar-refractivity contribution in [1.82, 2.24) is 19.9 Å². The Hall–Kier alpha value is -2.21. The molecule has 2 aromatic rings. The molecule has 0 saturated carbocycles. The van der Waals surface area contributed by atoms with Crippen LogP contribution in [0, 0.1) is 6.92 Å². The second-order valence-electron chi connectivity index (χ2n) is 5.62. The van der Waals surface area contributed by atoms with E-state index in [4.69, 9.17) is 0 Å². The number of nitrogens with one attached hydrogen (secondary N) is 1. The molecule has 0 bridgehead atoms. The van der Waals surface area contributed by atoms with Crippen molar-refractivity contribution in [2.45, 2.75) is 13.5 Å². The number of aromatic nitrogens is 3. The van der Waals surface area contributed by atoms with E-state index in [1.807, 2.05) is 31.2 Å². The van der Waals surface area contributed by atoms with Crippen LogP contribution in [0.15, 0.2) is 30.5 Å². The van der Waals surface area contributed by atoms with E-state index in [0.29, 0.717) is 6.54 Å². The number of hydrogen-bond acceptors (Lipinski definition) is 6. The molecule has 2 aromatic heterocycles. The van der Waals surface area contributed by atoms with Crippen molar-refractivity contribution in [1.29, 1.82) is 0 Å². The Bertz CT molecular complexity index is 607. The van der Waals surface area contributed by atoms with Crippen molar-refractivity contribution in [3.8, 4) is 0 Å². The SMILES string of the molecule is Cc1nc(NCc2ccccn2)cc(N2CCN(C)CC2)n1. The molecule has 6 heteroatoms. The van der Waals surface area contributed by atoms with Crippen LogP contribution in [0.5, 0.6) is 0 Å². The Balaban J connectivity index is 1.70. The van der Waals surface area contributed by atoms with E-state index in [1.165, 1.54) is 0 Å². The highest BCUT2D eigenvalue weighted by Crippen LogP contribution is 2.17. The van der Waals surface area contributed by atoms with Gasteiger partial charge in [-0.25, -0.2) is 9.97 Å². The summed E-state index contributed by atoms with van der Waals surface area (Å²) in [5.74, 6) is 2.65. The molecule has 1 aliphatic rings. The van der Waals surface area contributed by atoms with Gasteiger partial charge in [0.25, 0.3) is 0 Å². The molecule has 6 nitrogen and oxygen atoms in total. The molecule has 0 aromatic carbocycles. The van der Waals surface area contributed by atoms with Gasteiger partial charge in [0.1, 0.15) is 17.5 Å². The van der Waals surface area contributed by atoms with Gasteiger partial charge in [0.15, 0.2) is 0 Å². The summed E-state index contributed by atoms with van der Waals surface area (Å²) in [5.41, 5.74) is 1.000. The van der Waals surface area contributed by atoms with Gasteiger partial charge in [-0.05, 0) is 26.1 Å². The second-order valence-corrected chi connectivity index (χ2v) is 5.62. The van der Waals surface area contributed by atoms with Crippen LogP contribution in [-0.2, 0) is 6.54 Å². The molecule has 3 heterocycles. The van der Waals surface area contributed by atoms with Gasteiger partial charge in [-0.2, -0.15) is 0 Å². The van der Waals surface area contributed by atoms with Gasteiger partial charge in [0.2, 0.25) is 0 Å². The average molecular weight is 298 g/mol. The van der Waals surface area contributed by atoms with Crippen LogP contribution in [0.4, 0.5) is 11.6 Å². The van der Waals surface area contributed by atoms with Gasteiger partial charge in [0.05, 0.1) is 12.2 Å². The molecule has 0 unspecified atom stereocenters. The minimum Gasteiger partial charge on any atom is -0.364 e. The van der Waals surface area contributed by atoms with E-state index < -0.39 is 0 Å². The first kappa shape index (κ1) is 14.7. The standard InChI is InChI=1S/C16H22N6/c1-13-19-15(18-12-14-5-3-4-6-17-14)11-16(20-13)22-9-7-21(2)8-10-22/h3-6,11H,7-10,12H2,1-2H3,(H,18,19,20). The fourth-order valence-corrected chi connectivity index (χ4v) is 2.52. The van der Waals surface area contributed by atoms with Crippen molar-refractivity contribution < 1.29 is 0 Å². The first-order chi connectivity index (χ1) is 10.7. The van der Waals surface area contributed by atoms with Gasteiger partial charge in [-0.15, -0.1) is 0 Å². The summed E-state index contributed by atoms with van der Waals surface area (Å²) in [6, 6.07) is 7.94. The van der Waals surface area contributed by atoms with Gasteiger partial charge in [-0.1, -0.05) is 6.07 Å². The highest BCUT2D eigenvalue weighted by atomic mass is 15.3. The smallest absolute Gasteiger partial charge is 0.134 e. The largest absolute Gasteiger partial charge is 0.364 e. The third-order valence-electron chi connectivity index (χ3n) is 3.83. The zero-order valence-electron chi connectivity index (χ0n) is 13.2. The maximum atomic E-state index is 4.58. The Kier molecular flexibility index (Phi) is 4.48. The average Bonchev–Trinajstić information content (AvgIpc) is 2.54. The van der Waals surface area contributed by atoms with Gasteiger partial charge in [-0.3, -0.25) is 4.98 Å². The summed E-state index contributed by atoms with van der Waals surface area (Å²) in [6.45, 7) is 6.75. The second kappa shape index (κ2) is 6.70. The summed E-state index contributed by atoms with van der Waals surface area (Å²) in [4.78, 5) is 18.0. The number of hydrogen-bond donors (Lipinski definition) is 1. The van der Waals surface area contributed by atoms with Crippen LogP contribution in [0.2, 0.25) is 0 Å². The lowest BCUT2D eigenvalue weighted by Gasteiger charge is -2.33. The lowest BCUT2D eigenvalue weighted by atomic mass is 10.3. The number of nitrogens with zero attached hydrogens (tertiary/aromatic N) is 5. The highest BCUT2D eigenvalue weighted by molar-refractivity contribution is 5.49. The molecule has 3 rings (SSSR count). The third-order valence-corrected chi connectivity index (χ3v) is 3.83. The lowest BCUT2D eigenvalue weighted by molar-refractivity contribution is 0.312. The Morgan fingerprint density at radius 1 is 1.14 bits per heavy atom. The molecule has 116 valence electrons. The molecule has 1 fully saturated rings. The van der Waals surface area contributed by atoms with E-state index in [1.54, 1.807) is 6.20 Å². The normalized spacial score (nSPS) is 15.8. The first-order valence-corrected chi connectivity index (χ1v) is 7.64. The Labute approximate surface area is 131 Å². The van der Waals surface area contributed by atoms with Crippen LogP contribution < -0.4 is 10.2 Å². The maximum Gasteiger partial charge on any atom is 0.134 e. The van der Waals surface area contributed by atoms with Gasteiger partial charge >= 0.3 is 0 Å². The van der Waals surface area contributed by atoms with Gasteiger partial charge in [0, 0.05) is 38.4 Å². The molecule has 1 saturated heterocycles. The number of aryl methyl sites for hydroxylation is 1. The van der Waals surface area contributed by atoms with Crippen LogP contribution >= 0.6 is 0 Å². The van der Waals surface area contributed by atoms with Crippen LogP contribution in [0.25, 0.3) is 0 Å². The number of pyridine rings is 1. The number of piperazine rings is 1. The molecule has 0 amide bonds. The molecule has 1 aliphatic heterocycles. The van der Waals surface area contributed by atoms with Gasteiger partial charge < -0.3 is 15.1 Å². The van der Waals surface area contributed by atoms with Crippen molar-refractivity contribution in [3.63, 3.8) is 0 Å². The predicted molar refractivity (Wildman–Crippen MR) is 88.0 cm³/mol. The topological polar surface area (TPSA) is 57.2 Å². The number of anilines is 2. The summed E-state index contributed by atoms with van der Waals surface area (Å²) >= 11 is 0. The van der Waals surface area contributed by atoms with E-state index in [0.717, 1.165) is 49.3 Å². The minimum atomic E-state index is 0.666. The Morgan fingerprint density at radius 3 is 2.68 bits per heavy atom. The third kappa shape index (κ3) is 3.71. The molecule has 0 atom stereocenters. The van der Waals surface area contributed by atoms with Crippen molar-refractivity contribution in [3.05, 3.63) is 42.0 Å². The first-order valence-electron chi connectivity index (χ1n) is 7.64. The van der Waals surface area contributed by atoms with Crippen LogP contribution in [0.3, 0.4) is 0 Å². The van der Waals surface area contributed by atoms with Crippen LogP contribution in [0.1, 0.15) is 11.5 Å². The maximum absolute atomic E-state index is 4.58. The molecule has 22 heavy (non-hydrogen) atoms. The van der Waals surface area contributed by atoms with Crippen molar-refractivity contribution in [2.75, 3.05) is 43.4 Å². The monoisotopic (exact) mass is 298 g/mol. The zero-order valence-corrected chi connectivity index (χ0v) is 13.2. The molecular formula is C16H22N6. The Morgan fingerprint density at radius 2 is 1.95 bits per heavy atom. The van der Waals surface area contributed by atoms with Crippen molar-refractivity contribution in [2.24, 2.45) is 0 Å². The summed E-state index contributed by atoms with van der Waals surface area (Å²) < 4.78 is 0. The van der Waals surface area contributed by atoms with E-state index in [-0.39, 0.29) is 0 Å². The summed E-state index contributed by atoms with van der Waals surface area (Å²) in [7, 11) is 2.16. The highest BCUT2D eigenvalue weighted by Gasteiger charge is 2.16. The van der Waals surface area contributed by atoms with E-state index in [9.17, 15) is 0 Å². The molecular weight excluding hydrogens is 276 g/mol. The predicted octanol–water partition coefficient (Wildman–Crippen LogP) is 1.54. The molecule has 1 N–H and O–H groups in total. The quantitative estimate of drug-likeness (QED) is 0.924. The molecule has 0 spiro atoms. The lowest BCUT2D eigenvalue weighted by Crippen LogP contribution is -2.44. The van der Waals surface area contributed by atoms with Crippen molar-refractivity contribution >= 4 is 11.6 Å². The zero-order chi connectivity index (χ0) is 15.4. The minimum absolute atomic E-state index is 0.666. The molecule has 0 aliphatic carbocycles. The van der Waals surface area contributed by atoms with E-state index in [2.05, 4.69) is 37.1 Å².